The van der Waals surface area contributed by atoms with E-state index in [0.29, 0.717) is 53.7 Å². The number of aliphatic hydroxyl groups excluding tert-OH is 1. The quantitative estimate of drug-likeness (QED) is 0.286. The number of rotatable bonds is 11. The molecule has 1 saturated heterocycles. The van der Waals surface area contributed by atoms with E-state index in [4.69, 9.17) is 18.9 Å². The number of likely N-dealkylation sites (tertiary alicyclic amines) is 1. The van der Waals surface area contributed by atoms with Crippen molar-refractivity contribution in [3.05, 3.63) is 53.1 Å². The zero-order valence-corrected chi connectivity index (χ0v) is 21.7. The van der Waals surface area contributed by atoms with Crippen molar-refractivity contribution in [2.75, 3.05) is 55.1 Å². The van der Waals surface area contributed by atoms with Gasteiger partial charge in [0.05, 0.1) is 39.6 Å². The normalized spacial score (nSPS) is 17.0. The Morgan fingerprint density at radius 1 is 1.00 bits per heavy atom. The van der Waals surface area contributed by atoms with Crippen molar-refractivity contribution in [2.45, 2.75) is 19.4 Å². The molecule has 2 aromatic carbocycles. The van der Waals surface area contributed by atoms with Crippen molar-refractivity contribution in [3.63, 3.8) is 0 Å². The first-order valence-electron chi connectivity index (χ1n) is 11.7. The van der Waals surface area contributed by atoms with E-state index in [0.717, 1.165) is 6.54 Å². The molecule has 2 aromatic rings. The number of aliphatic hydroxyl groups is 1. The number of methoxy groups -OCH3 is 3. The van der Waals surface area contributed by atoms with Gasteiger partial charge in [-0.3, -0.25) is 9.59 Å². The Balaban J connectivity index is 2.18. The fourth-order valence-electron chi connectivity index (χ4n) is 4.30. The molecule has 9 nitrogen and oxygen atoms in total. The first-order chi connectivity index (χ1) is 17.3. The van der Waals surface area contributed by atoms with Gasteiger partial charge in [0.25, 0.3) is 11.7 Å². The molecule has 1 unspecified atom stereocenters. The lowest BCUT2D eigenvalue weighted by Crippen LogP contribution is -2.32. The highest BCUT2D eigenvalue weighted by atomic mass is 16.5. The minimum atomic E-state index is -0.840. The van der Waals surface area contributed by atoms with Crippen LogP contribution < -0.4 is 18.9 Å². The summed E-state index contributed by atoms with van der Waals surface area (Å²) in [4.78, 5) is 30.0. The van der Waals surface area contributed by atoms with Gasteiger partial charge in [-0.15, -0.1) is 0 Å². The van der Waals surface area contributed by atoms with E-state index < -0.39 is 17.7 Å². The number of carbonyl (C=O) groups is 2. The number of amides is 1. The molecule has 1 amide bonds. The zero-order valence-electron chi connectivity index (χ0n) is 21.7. The summed E-state index contributed by atoms with van der Waals surface area (Å²) < 4.78 is 21.9. The second kappa shape index (κ2) is 11.8. The van der Waals surface area contributed by atoms with Crippen LogP contribution in [0.5, 0.6) is 23.0 Å². The van der Waals surface area contributed by atoms with E-state index >= 15 is 0 Å². The predicted octanol–water partition coefficient (Wildman–Crippen LogP) is 3.48. The monoisotopic (exact) mass is 498 g/mol. The average molecular weight is 499 g/mol. The van der Waals surface area contributed by atoms with E-state index in [1.165, 1.54) is 26.2 Å². The molecular weight excluding hydrogens is 464 g/mol. The van der Waals surface area contributed by atoms with Crippen molar-refractivity contribution in [1.29, 1.82) is 0 Å². The summed E-state index contributed by atoms with van der Waals surface area (Å²) in [6, 6.07) is 9.29. The topological polar surface area (TPSA) is 97.8 Å². The van der Waals surface area contributed by atoms with E-state index in [1.807, 2.05) is 25.9 Å². The second-order valence-electron chi connectivity index (χ2n) is 8.57. The maximum Gasteiger partial charge on any atom is 0.295 e. The van der Waals surface area contributed by atoms with Crippen molar-refractivity contribution >= 4 is 17.4 Å². The first kappa shape index (κ1) is 26.9. The number of hydrogen-bond acceptors (Lipinski definition) is 8. The lowest BCUT2D eigenvalue weighted by Gasteiger charge is -2.27. The highest BCUT2D eigenvalue weighted by Crippen LogP contribution is 2.45. The van der Waals surface area contributed by atoms with Crippen LogP contribution >= 0.6 is 0 Å². The Hall–Kier alpha value is -3.72. The molecule has 1 fully saturated rings. The van der Waals surface area contributed by atoms with Gasteiger partial charge in [0.2, 0.25) is 5.75 Å². The van der Waals surface area contributed by atoms with Crippen molar-refractivity contribution < 1.29 is 33.6 Å². The van der Waals surface area contributed by atoms with Gasteiger partial charge < -0.3 is 33.9 Å². The summed E-state index contributed by atoms with van der Waals surface area (Å²) in [5.41, 5.74) is 0.964. The summed E-state index contributed by atoms with van der Waals surface area (Å²) in [5.74, 6) is 0.119. The zero-order chi connectivity index (χ0) is 26.4. The van der Waals surface area contributed by atoms with Crippen LogP contribution in [0.1, 0.15) is 30.5 Å². The maximum absolute atomic E-state index is 13.3. The minimum Gasteiger partial charge on any atom is -0.507 e. The highest BCUT2D eigenvalue weighted by Gasteiger charge is 2.46. The largest absolute Gasteiger partial charge is 0.507 e. The van der Waals surface area contributed by atoms with Crippen LogP contribution in [0.25, 0.3) is 5.76 Å². The second-order valence-corrected chi connectivity index (χ2v) is 8.57. The van der Waals surface area contributed by atoms with E-state index in [2.05, 4.69) is 0 Å². The van der Waals surface area contributed by atoms with Crippen LogP contribution in [-0.4, -0.2) is 81.7 Å². The summed E-state index contributed by atoms with van der Waals surface area (Å²) in [5, 5.41) is 11.3. The molecule has 1 heterocycles. The molecule has 0 spiro atoms. The van der Waals surface area contributed by atoms with Gasteiger partial charge in [0.15, 0.2) is 11.5 Å². The minimum absolute atomic E-state index is 0.00304. The maximum atomic E-state index is 13.3. The Labute approximate surface area is 211 Å². The van der Waals surface area contributed by atoms with Gasteiger partial charge >= 0.3 is 0 Å². The number of nitrogens with zero attached hydrogens (tertiary/aromatic N) is 2. The Kier molecular flexibility index (Phi) is 8.82. The Morgan fingerprint density at radius 2 is 1.61 bits per heavy atom. The molecule has 1 N–H and O–H groups in total. The number of benzene rings is 2. The third-order valence-corrected chi connectivity index (χ3v) is 5.99. The van der Waals surface area contributed by atoms with Gasteiger partial charge in [0.1, 0.15) is 11.5 Å². The molecule has 0 aliphatic carbocycles. The number of carbonyl (C=O) groups excluding carboxylic acids is 2. The van der Waals surface area contributed by atoms with E-state index in [-0.39, 0.29) is 11.3 Å². The number of ketones is 1. The van der Waals surface area contributed by atoms with Crippen molar-refractivity contribution in [2.24, 2.45) is 0 Å². The van der Waals surface area contributed by atoms with Crippen LogP contribution in [-0.2, 0) is 9.59 Å². The summed E-state index contributed by atoms with van der Waals surface area (Å²) >= 11 is 0. The molecule has 1 aliphatic rings. The summed E-state index contributed by atoms with van der Waals surface area (Å²) in [6.45, 7) is 3.43. The van der Waals surface area contributed by atoms with E-state index in [1.54, 1.807) is 36.4 Å². The Bertz CT molecular complexity index is 1100. The summed E-state index contributed by atoms with van der Waals surface area (Å²) in [6.07, 6.45) is 0.643. The molecule has 194 valence electrons. The fourth-order valence-corrected chi connectivity index (χ4v) is 4.30. The van der Waals surface area contributed by atoms with Crippen molar-refractivity contribution in [1.82, 2.24) is 9.80 Å². The van der Waals surface area contributed by atoms with E-state index in [9.17, 15) is 14.7 Å². The van der Waals surface area contributed by atoms with Gasteiger partial charge in [-0.2, -0.15) is 0 Å². The smallest absolute Gasteiger partial charge is 0.295 e. The molecular formula is C27H34N2O7. The van der Waals surface area contributed by atoms with Gasteiger partial charge in [-0.1, -0.05) is 0 Å². The SMILES string of the molecule is CCOc1ccc(/C(O)=C2\C(=O)C(=O)N(CCCN(C)C)C2c2cc(OC)c(OC)c(OC)c2)cc1. The molecule has 9 heteroatoms. The van der Waals surface area contributed by atoms with Crippen LogP contribution in [0.3, 0.4) is 0 Å². The number of ether oxygens (including phenoxy) is 4. The Morgan fingerprint density at radius 3 is 2.11 bits per heavy atom. The molecule has 0 bridgehead atoms. The van der Waals surface area contributed by atoms with Gasteiger partial charge in [-0.25, -0.2) is 0 Å². The van der Waals surface area contributed by atoms with Crippen LogP contribution in [0, 0.1) is 0 Å². The van der Waals surface area contributed by atoms with Crippen LogP contribution in [0.15, 0.2) is 42.0 Å². The van der Waals surface area contributed by atoms with Gasteiger partial charge in [-0.05, 0) is 75.9 Å². The number of Topliss-reactive ketones (excluding diaryl/α,β-unsaturated/α-hetero) is 1. The molecule has 0 radical (unpaired) electrons. The molecule has 36 heavy (non-hydrogen) atoms. The molecule has 1 atom stereocenters. The highest BCUT2D eigenvalue weighted by molar-refractivity contribution is 6.46. The lowest BCUT2D eigenvalue weighted by atomic mass is 9.94. The van der Waals surface area contributed by atoms with Crippen LogP contribution in [0.4, 0.5) is 0 Å². The lowest BCUT2D eigenvalue weighted by molar-refractivity contribution is -0.139. The van der Waals surface area contributed by atoms with Crippen molar-refractivity contribution in [3.8, 4) is 23.0 Å². The third kappa shape index (κ3) is 5.41. The number of hydrogen-bond donors (Lipinski definition) is 1. The van der Waals surface area contributed by atoms with Gasteiger partial charge in [0, 0.05) is 12.1 Å². The molecule has 3 rings (SSSR count). The molecule has 1 aliphatic heterocycles. The summed E-state index contributed by atoms with van der Waals surface area (Å²) in [7, 11) is 8.37. The standard InChI is InChI=1S/C27H34N2O7/c1-7-36-19-11-9-17(10-12-19)24(30)22-23(29(27(32)25(22)31)14-8-13-28(2)3)18-15-20(33-4)26(35-6)21(16-18)34-5/h9-12,15-16,23,30H,7-8,13-14H2,1-6H3/b24-22+. The predicted molar refractivity (Wildman–Crippen MR) is 136 cm³/mol. The van der Waals surface area contributed by atoms with Crippen LogP contribution in [0.2, 0.25) is 0 Å². The average Bonchev–Trinajstić information content (AvgIpc) is 3.12. The molecule has 0 aromatic heterocycles. The third-order valence-electron chi connectivity index (χ3n) is 5.99. The molecule has 0 saturated carbocycles. The fraction of sp³-hybridized carbons (Fsp3) is 0.407. The first-order valence-corrected chi connectivity index (χ1v) is 11.7.